The van der Waals surface area contributed by atoms with Gasteiger partial charge in [0.2, 0.25) is 5.95 Å². The monoisotopic (exact) mass is 425 g/mol. The van der Waals surface area contributed by atoms with Crippen LogP contribution >= 0.6 is 0 Å². The van der Waals surface area contributed by atoms with Crippen LogP contribution in [-0.2, 0) is 9.53 Å². The summed E-state index contributed by atoms with van der Waals surface area (Å²) in [7, 11) is 0. The summed E-state index contributed by atoms with van der Waals surface area (Å²) < 4.78 is 49.0. The predicted molar refractivity (Wildman–Crippen MR) is 99.9 cm³/mol. The molecule has 0 saturated carbocycles. The van der Waals surface area contributed by atoms with Gasteiger partial charge in [-0.3, -0.25) is 4.79 Å². The van der Waals surface area contributed by atoms with Crippen molar-refractivity contribution in [3.05, 3.63) is 23.7 Å². The summed E-state index contributed by atoms with van der Waals surface area (Å²) in [5.41, 5.74) is 2.09. The van der Waals surface area contributed by atoms with Crippen molar-refractivity contribution >= 4 is 11.9 Å². The molecule has 2 aliphatic heterocycles. The first-order valence-electron chi connectivity index (χ1n) is 9.82. The summed E-state index contributed by atoms with van der Waals surface area (Å²) in [6, 6.07) is 1.78. The Bertz CT molecular complexity index is 903. The third-order valence-corrected chi connectivity index (χ3v) is 5.40. The number of carbonyl (C=O) groups is 1. The van der Waals surface area contributed by atoms with Crippen molar-refractivity contribution in [2.24, 2.45) is 0 Å². The van der Waals surface area contributed by atoms with Crippen molar-refractivity contribution in [1.82, 2.24) is 20.0 Å². The molecule has 8 nitrogen and oxygen atoms in total. The number of alkyl halides is 3. The molecule has 30 heavy (non-hydrogen) atoms. The number of piperidine rings is 1. The number of ether oxygens (including phenoxy) is 1. The Morgan fingerprint density at radius 1 is 1.17 bits per heavy atom. The van der Waals surface area contributed by atoms with Gasteiger partial charge in [0, 0.05) is 44.4 Å². The van der Waals surface area contributed by atoms with Crippen LogP contribution in [-0.4, -0.2) is 71.5 Å². The molecule has 0 unspecified atom stereocenters. The first-order valence-corrected chi connectivity index (χ1v) is 9.82. The molecule has 0 aliphatic carbocycles. The number of anilines is 1. The van der Waals surface area contributed by atoms with Gasteiger partial charge >= 0.3 is 12.1 Å². The van der Waals surface area contributed by atoms with Crippen molar-refractivity contribution in [2.45, 2.75) is 31.9 Å². The van der Waals surface area contributed by atoms with Gasteiger partial charge in [-0.15, -0.1) is 0 Å². The molecule has 0 N–H and O–H groups in total. The van der Waals surface area contributed by atoms with Gasteiger partial charge in [0.05, 0.1) is 30.2 Å². The van der Waals surface area contributed by atoms with E-state index in [9.17, 15) is 18.0 Å². The molecule has 0 bridgehead atoms. The van der Waals surface area contributed by atoms with Crippen molar-refractivity contribution in [2.75, 3.05) is 44.3 Å². The molecule has 2 fully saturated rings. The minimum Gasteiger partial charge on any atom is -0.378 e. The van der Waals surface area contributed by atoms with Crippen LogP contribution in [0.1, 0.15) is 30.1 Å². The van der Waals surface area contributed by atoms with E-state index in [-0.39, 0.29) is 19.0 Å². The summed E-state index contributed by atoms with van der Waals surface area (Å²) in [6.07, 6.45) is -2.42. The molecule has 0 aromatic carbocycles. The van der Waals surface area contributed by atoms with Gasteiger partial charge in [-0.25, -0.2) is 9.97 Å². The highest BCUT2D eigenvalue weighted by molar-refractivity contribution is 5.82. The van der Waals surface area contributed by atoms with E-state index in [0.717, 1.165) is 4.90 Å². The largest absolute Gasteiger partial charge is 0.471 e. The molecule has 11 heteroatoms. The quantitative estimate of drug-likeness (QED) is 0.747. The highest BCUT2D eigenvalue weighted by atomic mass is 19.4. The van der Waals surface area contributed by atoms with Crippen molar-refractivity contribution in [3.8, 4) is 11.3 Å². The fraction of sp³-hybridized carbons (Fsp3) is 0.579. The number of morpholine rings is 1. The molecule has 2 saturated heterocycles. The number of likely N-dealkylation sites (tertiary alicyclic amines) is 1. The van der Waals surface area contributed by atoms with Crippen LogP contribution in [0.25, 0.3) is 11.3 Å². The zero-order valence-electron chi connectivity index (χ0n) is 16.5. The van der Waals surface area contributed by atoms with Crippen LogP contribution in [0.2, 0.25) is 0 Å². The molecule has 0 atom stereocenters. The topological polar surface area (TPSA) is 84.6 Å². The molecular formula is C19H22F3N5O3. The number of halogens is 3. The lowest BCUT2D eigenvalue weighted by molar-refractivity contribution is -0.186. The fourth-order valence-corrected chi connectivity index (χ4v) is 3.83. The Morgan fingerprint density at radius 2 is 1.87 bits per heavy atom. The van der Waals surface area contributed by atoms with Gasteiger partial charge in [0.1, 0.15) is 0 Å². The summed E-state index contributed by atoms with van der Waals surface area (Å²) in [5, 5.41) is 3.92. The second-order valence-electron chi connectivity index (χ2n) is 7.47. The minimum absolute atomic E-state index is 0.0226. The maximum atomic E-state index is 12.8. The summed E-state index contributed by atoms with van der Waals surface area (Å²) >= 11 is 0. The highest BCUT2D eigenvalue weighted by Crippen LogP contribution is 2.36. The van der Waals surface area contributed by atoms with Gasteiger partial charge in [-0.1, -0.05) is 5.16 Å². The normalized spacial score (nSPS) is 18.7. The second kappa shape index (κ2) is 8.21. The van der Waals surface area contributed by atoms with Crippen LogP contribution in [0.5, 0.6) is 0 Å². The number of aromatic nitrogens is 3. The Morgan fingerprint density at radius 3 is 2.47 bits per heavy atom. The lowest BCUT2D eigenvalue weighted by Crippen LogP contribution is -2.45. The number of hydrogen-bond donors (Lipinski definition) is 0. The van der Waals surface area contributed by atoms with E-state index < -0.39 is 12.1 Å². The molecule has 4 heterocycles. The van der Waals surface area contributed by atoms with Gasteiger partial charge in [-0.2, -0.15) is 13.2 Å². The van der Waals surface area contributed by atoms with Gasteiger partial charge in [0.25, 0.3) is 0 Å². The molecule has 1 amide bonds. The smallest absolute Gasteiger partial charge is 0.378 e. The van der Waals surface area contributed by atoms with E-state index >= 15 is 0 Å². The maximum Gasteiger partial charge on any atom is 0.471 e. The lowest BCUT2D eigenvalue weighted by atomic mass is 9.90. The predicted octanol–water partition coefficient (Wildman–Crippen LogP) is 2.54. The minimum atomic E-state index is -4.85. The molecule has 0 spiro atoms. The lowest BCUT2D eigenvalue weighted by Gasteiger charge is -2.33. The summed E-state index contributed by atoms with van der Waals surface area (Å²) in [4.78, 5) is 23.7. The van der Waals surface area contributed by atoms with Crippen LogP contribution in [0.4, 0.5) is 19.1 Å². The van der Waals surface area contributed by atoms with Crippen molar-refractivity contribution in [3.63, 3.8) is 0 Å². The first-order chi connectivity index (χ1) is 14.3. The van der Waals surface area contributed by atoms with Gasteiger partial charge < -0.3 is 19.1 Å². The standard InChI is InChI=1S/C19H22F3N5O3/c1-12-10-15(30-25-12)14-11-23-18(27-6-8-29-9-7-27)24-16(14)13-2-4-26(5-3-13)17(28)19(20,21)22/h10-11,13H,2-9H2,1H3. The van der Waals surface area contributed by atoms with Crippen molar-refractivity contribution < 1.29 is 27.2 Å². The average molecular weight is 425 g/mol. The summed E-state index contributed by atoms with van der Waals surface area (Å²) in [5.74, 6) is -0.832. The molecule has 2 aliphatic rings. The molecule has 2 aromatic heterocycles. The van der Waals surface area contributed by atoms with E-state index in [1.54, 1.807) is 19.2 Å². The van der Waals surface area contributed by atoms with E-state index in [2.05, 4.69) is 10.1 Å². The second-order valence-corrected chi connectivity index (χ2v) is 7.47. The number of nitrogens with zero attached hydrogens (tertiary/aromatic N) is 5. The van der Waals surface area contributed by atoms with E-state index in [4.69, 9.17) is 14.2 Å². The molecule has 0 radical (unpaired) electrons. The van der Waals surface area contributed by atoms with E-state index in [0.29, 0.717) is 67.8 Å². The first kappa shape index (κ1) is 20.6. The van der Waals surface area contributed by atoms with Crippen molar-refractivity contribution in [1.29, 1.82) is 0 Å². The molecular weight excluding hydrogens is 403 g/mol. The number of aryl methyl sites for hydroxylation is 1. The number of carbonyl (C=O) groups excluding carboxylic acids is 1. The molecule has 162 valence electrons. The Balaban J connectivity index is 1.60. The Labute approximate surface area is 171 Å². The highest BCUT2D eigenvalue weighted by Gasteiger charge is 2.43. The maximum absolute atomic E-state index is 12.8. The fourth-order valence-electron chi connectivity index (χ4n) is 3.83. The number of rotatable bonds is 3. The van der Waals surface area contributed by atoms with Crippen LogP contribution < -0.4 is 4.90 Å². The van der Waals surface area contributed by atoms with Crippen LogP contribution in [0.3, 0.4) is 0 Å². The zero-order valence-corrected chi connectivity index (χ0v) is 16.5. The number of amides is 1. The molecule has 4 rings (SSSR count). The average Bonchev–Trinajstić information content (AvgIpc) is 3.19. The van der Waals surface area contributed by atoms with E-state index in [1.165, 1.54) is 0 Å². The van der Waals surface area contributed by atoms with Gasteiger partial charge in [-0.05, 0) is 19.8 Å². The van der Waals surface area contributed by atoms with Crippen LogP contribution in [0.15, 0.2) is 16.8 Å². The van der Waals surface area contributed by atoms with E-state index in [1.807, 2.05) is 4.90 Å². The zero-order chi connectivity index (χ0) is 21.3. The van der Waals surface area contributed by atoms with Crippen LogP contribution in [0, 0.1) is 6.92 Å². The SMILES string of the molecule is Cc1cc(-c2cnc(N3CCOCC3)nc2C2CCN(C(=O)C(F)(F)F)CC2)on1. The number of hydrogen-bond acceptors (Lipinski definition) is 7. The third kappa shape index (κ3) is 4.25. The Kier molecular flexibility index (Phi) is 5.63. The Hall–Kier alpha value is -2.69. The summed E-state index contributed by atoms with van der Waals surface area (Å²) in [6.45, 7) is 4.34. The third-order valence-electron chi connectivity index (χ3n) is 5.40. The molecule has 2 aromatic rings. The van der Waals surface area contributed by atoms with Gasteiger partial charge in [0.15, 0.2) is 5.76 Å².